The second-order valence-electron chi connectivity index (χ2n) is 16.1. The predicted octanol–water partition coefficient (Wildman–Crippen LogP) is 5.01. The lowest BCUT2D eigenvalue weighted by Gasteiger charge is -2.58. The van der Waals surface area contributed by atoms with Crippen LogP contribution in [0.15, 0.2) is 48.7 Å². The fraction of sp³-hybridized carbons (Fsp3) is 0.488. The smallest absolute Gasteiger partial charge is 0.321 e. The number of primary amides is 1. The van der Waals surface area contributed by atoms with Gasteiger partial charge in [0, 0.05) is 95.9 Å². The lowest BCUT2D eigenvalue weighted by molar-refractivity contribution is -0.227. The maximum absolute atomic E-state index is 16.0. The van der Waals surface area contributed by atoms with Crippen molar-refractivity contribution in [1.29, 1.82) is 0 Å². The number of carbonyl (C=O) groups excluding carboxylic acids is 3. The van der Waals surface area contributed by atoms with E-state index in [4.69, 9.17) is 22.4 Å². The number of imidazole rings is 1. The first-order valence-electron chi connectivity index (χ1n) is 20.0. The molecule has 3 saturated heterocycles. The molecule has 0 aliphatic carbocycles. The summed E-state index contributed by atoms with van der Waals surface area (Å²) >= 11 is 6.45. The van der Waals surface area contributed by atoms with E-state index >= 15 is 8.78 Å². The van der Waals surface area contributed by atoms with E-state index in [2.05, 4.69) is 48.5 Å². The largest absolute Gasteiger partial charge is 0.385 e. The number of piperidine rings is 2. The number of aldehydes is 1. The fourth-order valence-electron chi connectivity index (χ4n) is 9.43. The molecule has 2 aromatic heterocycles. The molecule has 0 saturated carbocycles. The summed E-state index contributed by atoms with van der Waals surface area (Å²) in [6, 6.07) is 13.2. The number of halogens is 3. The highest BCUT2D eigenvalue weighted by Crippen LogP contribution is 2.51. The number of carbonyl (C=O) groups is 3. The van der Waals surface area contributed by atoms with E-state index in [1.807, 2.05) is 13.1 Å². The van der Waals surface area contributed by atoms with E-state index < -0.39 is 23.3 Å². The first-order chi connectivity index (χ1) is 27.9. The Labute approximate surface area is 341 Å². The van der Waals surface area contributed by atoms with Crippen molar-refractivity contribution in [2.75, 3.05) is 93.0 Å². The number of likely N-dealkylation sites (tertiary alicyclic amines) is 2. The third-order valence-corrected chi connectivity index (χ3v) is 12.8. The number of hydrogen-bond donors (Lipinski definition) is 3. The van der Waals surface area contributed by atoms with Gasteiger partial charge in [0.2, 0.25) is 0 Å². The molecular formula is C41H50ClF2N11O3. The van der Waals surface area contributed by atoms with Crippen LogP contribution in [0, 0.1) is 11.3 Å². The Morgan fingerprint density at radius 3 is 2.52 bits per heavy atom. The predicted molar refractivity (Wildman–Crippen MR) is 221 cm³/mol. The summed E-state index contributed by atoms with van der Waals surface area (Å²) in [6.45, 7) is 4.91. The molecule has 0 unspecified atom stereocenters. The fourth-order valence-corrected chi connectivity index (χ4v) is 9.65. The molecule has 4 aliphatic rings. The van der Waals surface area contributed by atoms with E-state index in [0.717, 1.165) is 68.7 Å². The van der Waals surface area contributed by atoms with Gasteiger partial charge in [0.25, 0.3) is 11.8 Å². The van der Waals surface area contributed by atoms with Crippen LogP contribution in [0.1, 0.15) is 47.3 Å². The molecule has 0 bridgehead atoms. The number of urea groups is 1. The van der Waals surface area contributed by atoms with Crippen molar-refractivity contribution in [3.05, 3.63) is 70.5 Å². The van der Waals surface area contributed by atoms with Crippen LogP contribution in [0.5, 0.6) is 0 Å². The van der Waals surface area contributed by atoms with Crippen molar-refractivity contribution in [1.82, 2.24) is 29.7 Å². The third-order valence-electron chi connectivity index (χ3n) is 12.5. The monoisotopic (exact) mass is 817 g/mol. The van der Waals surface area contributed by atoms with Crippen LogP contribution in [-0.2, 0) is 17.8 Å². The van der Waals surface area contributed by atoms with Gasteiger partial charge in [0.05, 0.1) is 34.6 Å². The van der Waals surface area contributed by atoms with Crippen LogP contribution in [-0.4, -0.2) is 122 Å². The number of nitrogens with zero attached hydrogens (tertiary/aromatic N) is 8. The molecule has 0 atom stereocenters. The third kappa shape index (κ3) is 7.30. The van der Waals surface area contributed by atoms with Gasteiger partial charge >= 0.3 is 6.03 Å². The number of rotatable bonds is 12. The van der Waals surface area contributed by atoms with Crippen LogP contribution < -0.4 is 31.1 Å². The first-order valence-corrected chi connectivity index (χ1v) is 20.4. The minimum Gasteiger partial charge on any atom is -0.385 e. The van der Waals surface area contributed by atoms with Crippen LogP contribution in [0.4, 0.5) is 42.1 Å². The van der Waals surface area contributed by atoms with Crippen molar-refractivity contribution < 1.29 is 23.2 Å². The molecule has 17 heteroatoms. The lowest BCUT2D eigenvalue weighted by atomic mass is 9.68. The SMILES string of the molecule is CNC(=O)N(CCC=O)c1cc(CN2CCC3(CN(CC4CCN(c5cccc6c5CCN6c5cc(NC)c6ncc(C(N)=O)n6n5)CC4)C3)C(F)(F)C2)ccc1Cl. The second-order valence-corrected chi connectivity index (χ2v) is 16.5. The summed E-state index contributed by atoms with van der Waals surface area (Å²) < 4.78 is 33.5. The van der Waals surface area contributed by atoms with Gasteiger partial charge < -0.3 is 35.9 Å². The molecule has 58 heavy (non-hydrogen) atoms. The summed E-state index contributed by atoms with van der Waals surface area (Å²) in [6.07, 6.45) is 5.60. The van der Waals surface area contributed by atoms with Crippen molar-refractivity contribution in [2.45, 2.75) is 44.6 Å². The summed E-state index contributed by atoms with van der Waals surface area (Å²) in [4.78, 5) is 50.1. The van der Waals surface area contributed by atoms with E-state index in [-0.39, 0.29) is 25.2 Å². The standard InChI is InChI=1S/C41H50ClF2N11O3/c1-46-31-20-36(49-55-35(37(45)57)21-48-38(31)55)53-16-11-29-32(5-3-6-33(29)53)52-14-9-27(10-15-52)22-51-24-40(25-51)12-17-50(26-41(40,43)44)23-28-7-8-30(42)34(19-28)54(13-4-18-56)39(58)47-2/h3,5-8,18-21,27,46H,4,9-17,22-26H2,1-2H3,(H2,45,57)(H,47,58). The topological polar surface area (TPSA) is 148 Å². The highest BCUT2D eigenvalue weighted by Gasteiger charge is 2.62. The number of benzene rings is 2. The van der Waals surface area contributed by atoms with Crippen LogP contribution in [0.3, 0.4) is 0 Å². The Balaban J connectivity index is 0.855. The van der Waals surface area contributed by atoms with Gasteiger partial charge in [-0.05, 0) is 68.0 Å². The van der Waals surface area contributed by atoms with Crippen molar-refractivity contribution in [3.8, 4) is 0 Å². The number of aromatic nitrogens is 3. The van der Waals surface area contributed by atoms with Crippen molar-refractivity contribution >= 4 is 64.0 Å². The number of hydrogen-bond acceptors (Lipinski definition) is 10. The Kier molecular flexibility index (Phi) is 10.9. The molecular weight excluding hydrogens is 768 g/mol. The minimum atomic E-state index is -2.83. The van der Waals surface area contributed by atoms with E-state index in [1.165, 1.54) is 33.9 Å². The number of fused-ring (bicyclic) bond motifs is 2. The number of anilines is 5. The number of nitrogens with one attached hydrogen (secondary N) is 2. The van der Waals surface area contributed by atoms with Crippen molar-refractivity contribution in [2.24, 2.45) is 17.1 Å². The Morgan fingerprint density at radius 2 is 1.81 bits per heavy atom. The molecule has 2 aromatic carbocycles. The molecule has 4 N–H and O–H groups in total. The number of alkyl halides is 2. The van der Waals surface area contributed by atoms with Crippen LogP contribution >= 0.6 is 11.6 Å². The maximum Gasteiger partial charge on any atom is 0.321 e. The maximum atomic E-state index is 16.0. The van der Waals surface area contributed by atoms with Gasteiger partial charge in [0.1, 0.15) is 12.0 Å². The molecule has 3 amide bonds. The highest BCUT2D eigenvalue weighted by atomic mass is 35.5. The Bertz CT molecular complexity index is 2200. The number of amides is 3. The quantitative estimate of drug-likeness (QED) is 0.167. The highest BCUT2D eigenvalue weighted by molar-refractivity contribution is 6.33. The zero-order valence-electron chi connectivity index (χ0n) is 32.9. The molecule has 1 spiro atoms. The lowest BCUT2D eigenvalue weighted by Crippen LogP contribution is -2.70. The van der Waals surface area contributed by atoms with Gasteiger partial charge in [-0.15, -0.1) is 5.10 Å². The molecule has 0 radical (unpaired) electrons. The van der Waals surface area contributed by atoms with E-state index in [0.29, 0.717) is 60.7 Å². The summed E-state index contributed by atoms with van der Waals surface area (Å²) in [5.41, 5.74) is 10.9. The van der Waals surface area contributed by atoms with Gasteiger partial charge in [-0.2, -0.15) is 0 Å². The van der Waals surface area contributed by atoms with Crippen molar-refractivity contribution in [3.63, 3.8) is 0 Å². The summed E-state index contributed by atoms with van der Waals surface area (Å²) in [7, 11) is 3.31. The average molecular weight is 818 g/mol. The Morgan fingerprint density at radius 1 is 1.03 bits per heavy atom. The first kappa shape index (κ1) is 39.8. The Hall–Kier alpha value is -5.06. The molecule has 8 rings (SSSR count). The average Bonchev–Trinajstić information content (AvgIpc) is 3.84. The van der Waals surface area contributed by atoms with Crippen LogP contribution in [0.25, 0.3) is 5.65 Å². The minimum absolute atomic E-state index is 0.145. The molecule has 3 fully saturated rings. The molecule has 4 aromatic rings. The van der Waals surface area contributed by atoms with E-state index in [9.17, 15) is 14.4 Å². The van der Waals surface area contributed by atoms with Gasteiger partial charge in [0.15, 0.2) is 11.5 Å². The normalized spacial score (nSPS) is 19.3. The second kappa shape index (κ2) is 15.9. The van der Waals surface area contributed by atoms with E-state index in [1.54, 1.807) is 23.1 Å². The van der Waals surface area contributed by atoms with Gasteiger partial charge in [-0.3, -0.25) is 14.6 Å². The van der Waals surface area contributed by atoms with Gasteiger partial charge in [-0.25, -0.2) is 23.1 Å². The summed E-state index contributed by atoms with van der Waals surface area (Å²) in [5.74, 6) is -2.28. The molecule has 14 nitrogen and oxygen atoms in total. The zero-order chi connectivity index (χ0) is 40.8. The summed E-state index contributed by atoms with van der Waals surface area (Å²) in [5, 5.41) is 10.9. The molecule has 308 valence electrons. The van der Waals surface area contributed by atoms with Gasteiger partial charge in [-0.1, -0.05) is 23.7 Å². The number of nitrogens with two attached hydrogens (primary N) is 1. The molecule has 4 aliphatic heterocycles. The molecule has 6 heterocycles. The van der Waals surface area contributed by atoms with Crippen LogP contribution in [0.2, 0.25) is 5.02 Å². The zero-order valence-corrected chi connectivity index (χ0v) is 33.6.